The summed E-state index contributed by atoms with van der Waals surface area (Å²) in [4.78, 5) is 28.4. The molecule has 23 heavy (non-hydrogen) atoms. The summed E-state index contributed by atoms with van der Waals surface area (Å²) in [5.41, 5.74) is 2.03. The van der Waals surface area contributed by atoms with Crippen molar-refractivity contribution in [2.75, 3.05) is 19.7 Å². The van der Waals surface area contributed by atoms with E-state index in [0.29, 0.717) is 45.1 Å². The van der Waals surface area contributed by atoms with Crippen molar-refractivity contribution in [3.63, 3.8) is 0 Å². The normalized spacial score (nSPS) is 20.7. The standard InChI is InChI=1S/C16H24N4O3/c1-11(2)7-18-8-12(5-15(18)22)16(23)19-9-13-6-17-20(3-4-21)14(13)10-19/h6,11-12,21H,3-5,7-10H2,1-2H3/t12-/m1/s1. The predicted molar refractivity (Wildman–Crippen MR) is 83.1 cm³/mol. The van der Waals surface area contributed by atoms with E-state index in [4.69, 9.17) is 5.11 Å². The first-order chi connectivity index (χ1) is 11.0. The van der Waals surface area contributed by atoms with E-state index in [-0.39, 0.29) is 24.3 Å². The lowest BCUT2D eigenvalue weighted by Crippen LogP contribution is -2.35. The lowest BCUT2D eigenvalue weighted by molar-refractivity contribution is -0.136. The first kappa shape index (κ1) is 16.0. The maximum atomic E-state index is 12.7. The molecule has 0 spiro atoms. The number of carbonyl (C=O) groups excluding carboxylic acids is 2. The van der Waals surface area contributed by atoms with Gasteiger partial charge in [-0.05, 0) is 5.92 Å². The highest BCUT2D eigenvalue weighted by molar-refractivity contribution is 5.89. The number of carbonyl (C=O) groups is 2. The maximum absolute atomic E-state index is 12.7. The molecule has 3 heterocycles. The van der Waals surface area contributed by atoms with Crippen LogP contribution in [0.2, 0.25) is 0 Å². The number of hydrogen-bond donors (Lipinski definition) is 1. The van der Waals surface area contributed by atoms with Crippen LogP contribution in [0.5, 0.6) is 0 Å². The van der Waals surface area contributed by atoms with E-state index in [9.17, 15) is 9.59 Å². The molecular weight excluding hydrogens is 296 g/mol. The van der Waals surface area contributed by atoms with Gasteiger partial charge in [0.05, 0.1) is 37.5 Å². The molecule has 2 aliphatic heterocycles. The zero-order valence-electron chi connectivity index (χ0n) is 13.7. The third-order valence-corrected chi connectivity index (χ3v) is 4.51. The molecule has 7 nitrogen and oxygen atoms in total. The van der Waals surface area contributed by atoms with Gasteiger partial charge >= 0.3 is 0 Å². The fourth-order valence-electron chi connectivity index (χ4n) is 3.46. The monoisotopic (exact) mass is 320 g/mol. The van der Waals surface area contributed by atoms with Gasteiger partial charge in [-0.3, -0.25) is 14.3 Å². The van der Waals surface area contributed by atoms with Crippen LogP contribution < -0.4 is 0 Å². The zero-order valence-corrected chi connectivity index (χ0v) is 13.7. The molecule has 0 radical (unpaired) electrons. The molecule has 0 aromatic carbocycles. The van der Waals surface area contributed by atoms with E-state index >= 15 is 0 Å². The molecule has 0 aliphatic carbocycles. The number of hydrogen-bond acceptors (Lipinski definition) is 4. The van der Waals surface area contributed by atoms with Crippen molar-refractivity contribution in [3.8, 4) is 0 Å². The molecule has 0 saturated carbocycles. The van der Waals surface area contributed by atoms with Crippen molar-refractivity contribution in [3.05, 3.63) is 17.5 Å². The van der Waals surface area contributed by atoms with Crippen molar-refractivity contribution < 1.29 is 14.7 Å². The number of aliphatic hydroxyl groups is 1. The SMILES string of the molecule is CC(C)CN1C[C@H](C(=O)N2Cc3cnn(CCO)c3C2)CC1=O. The average Bonchev–Trinajstić information content (AvgIpc) is 3.15. The minimum absolute atomic E-state index is 0.0311. The number of aliphatic hydroxyl groups excluding tert-OH is 1. The van der Waals surface area contributed by atoms with Crippen LogP contribution in [-0.2, 0) is 29.2 Å². The second-order valence-electron chi connectivity index (χ2n) is 6.85. The van der Waals surface area contributed by atoms with Crippen LogP contribution in [0.15, 0.2) is 6.20 Å². The molecule has 7 heteroatoms. The van der Waals surface area contributed by atoms with E-state index in [1.54, 1.807) is 15.8 Å². The minimum Gasteiger partial charge on any atom is -0.394 e. The Bertz CT molecular complexity index is 610. The lowest BCUT2D eigenvalue weighted by Gasteiger charge is -2.21. The summed E-state index contributed by atoms with van der Waals surface area (Å²) in [6, 6.07) is 0. The highest BCUT2D eigenvalue weighted by Crippen LogP contribution is 2.27. The van der Waals surface area contributed by atoms with Crippen LogP contribution >= 0.6 is 0 Å². The predicted octanol–water partition coefficient (Wildman–Crippen LogP) is 0.222. The summed E-state index contributed by atoms with van der Waals surface area (Å²) in [5, 5.41) is 13.3. The summed E-state index contributed by atoms with van der Waals surface area (Å²) in [5.74, 6) is 0.314. The summed E-state index contributed by atoms with van der Waals surface area (Å²) >= 11 is 0. The number of aromatic nitrogens is 2. The van der Waals surface area contributed by atoms with E-state index in [1.807, 2.05) is 4.90 Å². The van der Waals surface area contributed by atoms with Gasteiger partial charge in [-0.25, -0.2) is 0 Å². The molecule has 3 rings (SSSR count). The Labute approximate surface area is 135 Å². The molecule has 1 atom stereocenters. The average molecular weight is 320 g/mol. The van der Waals surface area contributed by atoms with Gasteiger partial charge in [-0.15, -0.1) is 0 Å². The Kier molecular flexibility index (Phi) is 4.39. The van der Waals surface area contributed by atoms with Gasteiger partial charge in [-0.1, -0.05) is 13.8 Å². The summed E-state index contributed by atoms with van der Waals surface area (Å²) < 4.78 is 1.76. The number of likely N-dealkylation sites (tertiary alicyclic amines) is 1. The van der Waals surface area contributed by atoms with Crippen LogP contribution in [0.4, 0.5) is 0 Å². The van der Waals surface area contributed by atoms with Crippen molar-refractivity contribution >= 4 is 11.8 Å². The van der Waals surface area contributed by atoms with E-state index in [1.165, 1.54) is 0 Å². The van der Waals surface area contributed by atoms with Crippen molar-refractivity contribution in [2.45, 2.75) is 39.9 Å². The first-order valence-electron chi connectivity index (χ1n) is 8.20. The van der Waals surface area contributed by atoms with Crippen LogP contribution in [0.25, 0.3) is 0 Å². The maximum Gasteiger partial charge on any atom is 0.228 e. The summed E-state index contributed by atoms with van der Waals surface area (Å²) in [6.07, 6.45) is 2.09. The van der Waals surface area contributed by atoms with Crippen molar-refractivity contribution in [2.24, 2.45) is 11.8 Å². The van der Waals surface area contributed by atoms with Gasteiger partial charge in [0.1, 0.15) is 0 Å². The largest absolute Gasteiger partial charge is 0.394 e. The second kappa shape index (κ2) is 6.31. The molecule has 1 aromatic rings. The molecule has 1 N–H and O–H groups in total. The molecule has 0 bridgehead atoms. The fourth-order valence-corrected chi connectivity index (χ4v) is 3.46. The number of nitrogens with zero attached hydrogens (tertiary/aromatic N) is 4. The van der Waals surface area contributed by atoms with Gasteiger partial charge in [0.2, 0.25) is 11.8 Å². The highest BCUT2D eigenvalue weighted by atomic mass is 16.3. The first-order valence-corrected chi connectivity index (χ1v) is 8.20. The van der Waals surface area contributed by atoms with Gasteiger partial charge < -0.3 is 14.9 Å². The Hall–Kier alpha value is -1.89. The van der Waals surface area contributed by atoms with E-state index < -0.39 is 0 Å². The topological polar surface area (TPSA) is 78.7 Å². The third-order valence-electron chi connectivity index (χ3n) is 4.51. The Morgan fingerprint density at radius 1 is 1.43 bits per heavy atom. The molecule has 0 unspecified atom stereocenters. The van der Waals surface area contributed by atoms with Gasteiger partial charge in [0.25, 0.3) is 0 Å². The molecular formula is C16H24N4O3. The summed E-state index contributed by atoms with van der Waals surface area (Å²) in [6.45, 7) is 6.95. The van der Waals surface area contributed by atoms with E-state index in [2.05, 4.69) is 18.9 Å². The molecule has 1 fully saturated rings. The number of fused-ring (bicyclic) bond motifs is 1. The van der Waals surface area contributed by atoms with Crippen LogP contribution in [-0.4, -0.2) is 56.2 Å². The zero-order chi connectivity index (χ0) is 16.6. The van der Waals surface area contributed by atoms with Crippen LogP contribution in [0.1, 0.15) is 31.5 Å². The molecule has 1 aromatic heterocycles. The molecule has 2 amide bonds. The summed E-state index contributed by atoms with van der Waals surface area (Å²) in [7, 11) is 0. The third kappa shape index (κ3) is 3.10. The second-order valence-corrected chi connectivity index (χ2v) is 6.85. The highest BCUT2D eigenvalue weighted by Gasteiger charge is 2.38. The molecule has 2 aliphatic rings. The molecule has 1 saturated heterocycles. The fraction of sp³-hybridized carbons (Fsp3) is 0.688. The Balaban J connectivity index is 1.63. The van der Waals surface area contributed by atoms with Crippen molar-refractivity contribution in [1.29, 1.82) is 0 Å². The minimum atomic E-state index is -0.232. The van der Waals surface area contributed by atoms with Crippen LogP contribution in [0, 0.1) is 11.8 Å². The van der Waals surface area contributed by atoms with Gasteiger partial charge in [0.15, 0.2) is 0 Å². The van der Waals surface area contributed by atoms with E-state index in [0.717, 1.165) is 11.3 Å². The van der Waals surface area contributed by atoms with Gasteiger partial charge in [-0.2, -0.15) is 5.10 Å². The van der Waals surface area contributed by atoms with Crippen molar-refractivity contribution in [1.82, 2.24) is 19.6 Å². The van der Waals surface area contributed by atoms with Crippen LogP contribution in [0.3, 0.4) is 0 Å². The Morgan fingerprint density at radius 2 is 2.22 bits per heavy atom. The quantitative estimate of drug-likeness (QED) is 0.842. The number of rotatable bonds is 5. The Morgan fingerprint density at radius 3 is 2.91 bits per heavy atom. The van der Waals surface area contributed by atoms with Gasteiger partial charge in [0, 0.05) is 31.6 Å². The lowest BCUT2D eigenvalue weighted by atomic mass is 10.1. The number of amides is 2. The molecule has 126 valence electrons. The smallest absolute Gasteiger partial charge is 0.228 e.